The summed E-state index contributed by atoms with van der Waals surface area (Å²) in [4.78, 5) is 27.8. The minimum atomic E-state index is -0.423. The number of nitrogens with zero attached hydrogens (tertiary/aromatic N) is 5. The first-order valence-corrected chi connectivity index (χ1v) is 9.24. The van der Waals surface area contributed by atoms with E-state index in [0.29, 0.717) is 29.0 Å². The Labute approximate surface area is 156 Å². The standard InChI is InChI=1S/C18H23N5O4/c1-12-17(23(25)26)13(2)22(19-12)11-15-5-6-16(27-15)18(24)21-9-8-20-7-3-4-14(20)10-21/h5-6,14H,3-4,7-11H2,1-2H3/t14-/m1/s1. The number of furan rings is 1. The molecule has 9 nitrogen and oxygen atoms in total. The van der Waals surface area contributed by atoms with Crippen LogP contribution in [-0.2, 0) is 6.54 Å². The summed E-state index contributed by atoms with van der Waals surface area (Å²) in [6, 6.07) is 3.88. The van der Waals surface area contributed by atoms with Crippen molar-refractivity contribution in [2.24, 2.45) is 0 Å². The van der Waals surface area contributed by atoms with Crippen molar-refractivity contribution in [3.8, 4) is 0 Å². The van der Waals surface area contributed by atoms with E-state index in [2.05, 4.69) is 10.00 Å². The van der Waals surface area contributed by atoms with Crippen LogP contribution in [0.3, 0.4) is 0 Å². The maximum atomic E-state index is 12.8. The van der Waals surface area contributed by atoms with Crippen LogP contribution in [0.15, 0.2) is 16.5 Å². The highest BCUT2D eigenvalue weighted by molar-refractivity contribution is 5.91. The van der Waals surface area contributed by atoms with Gasteiger partial charge in [0.2, 0.25) is 0 Å². The minimum Gasteiger partial charge on any atom is -0.454 e. The third-order valence-electron chi connectivity index (χ3n) is 5.58. The Hall–Kier alpha value is -2.68. The van der Waals surface area contributed by atoms with Gasteiger partial charge in [0.1, 0.15) is 17.1 Å². The summed E-state index contributed by atoms with van der Waals surface area (Å²) >= 11 is 0. The van der Waals surface area contributed by atoms with Crippen LogP contribution >= 0.6 is 0 Å². The topological polar surface area (TPSA) is 97.7 Å². The molecule has 0 N–H and O–H groups in total. The molecule has 2 aliphatic heterocycles. The molecule has 9 heteroatoms. The predicted molar refractivity (Wildman–Crippen MR) is 96.7 cm³/mol. The Balaban J connectivity index is 1.46. The molecule has 0 aliphatic carbocycles. The third kappa shape index (κ3) is 3.23. The van der Waals surface area contributed by atoms with Gasteiger partial charge in [-0.2, -0.15) is 5.10 Å². The highest BCUT2D eigenvalue weighted by Crippen LogP contribution is 2.25. The van der Waals surface area contributed by atoms with E-state index in [1.54, 1.807) is 26.0 Å². The van der Waals surface area contributed by atoms with E-state index in [1.165, 1.54) is 11.1 Å². The lowest BCUT2D eigenvalue weighted by molar-refractivity contribution is -0.386. The number of nitro groups is 1. The SMILES string of the molecule is Cc1nn(Cc2ccc(C(=O)N3CCN4CCC[C@@H]4C3)o2)c(C)c1[N+](=O)[O-]. The molecular weight excluding hydrogens is 350 g/mol. The molecular formula is C18H23N5O4. The summed E-state index contributed by atoms with van der Waals surface area (Å²) < 4.78 is 7.28. The summed E-state index contributed by atoms with van der Waals surface area (Å²) in [7, 11) is 0. The van der Waals surface area contributed by atoms with Crippen molar-refractivity contribution in [3.63, 3.8) is 0 Å². The first kappa shape index (κ1) is 17.7. The Bertz CT molecular complexity index is 886. The zero-order valence-corrected chi connectivity index (χ0v) is 15.6. The second-order valence-corrected chi connectivity index (χ2v) is 7.28. The van der Waals surface area contributed by atoms with Gasteiger partial charge >= 0.3 is 5.69 Å². The van der Waals surface area contributed by atoms with Gasteiger partial charge in [-0.3, -0.25) is 24.5 Å². The van der Waals surface area contributed by atoms with Gasteiger partial charge in [-0.1, -0.05) is 0 Å². The number of rotatable bonds is 4. The maximum absolute atomic E-state index is 12.8. The zero-order chi connectivity index (χ0) is 19.1. The predicted octanol–water partition coefficient (Wildman–Crippen LogP) is 1.97. The molecule has 0 spiro atoms. The number of aryl methyl sites for hydroxylation is 1. The fraction of sp³-hybridized carbons (Fsp3) is 0.556. The number of amides is 1. The van der Waals surface area contributed by atoms with Gasteiger partial charge in [0, 0.05) is 25.7 Å². The third-order valence-corrected chi connectivity index (χ3v) is 5.58. The van der Waals surface area contributed by atoms with Gasteiger partial charge in [-0.05, 0) is 45.4 Å². The van der Waals surface area contributed by atoms with Crippen LogP contribution in [-0.4, -0.2) is 62.6 Å². The Morgan fingerprint density at radius 2 is 2.15 bits per heavy atom. The van der Waals surface area contributed by atoms with Crippen LogP contribution in [0.1, 0.15) is 40.5 Å². The summed E-state index contributed by atoms with van der Waals surface area (Å²) in [5, 5.41) is 15.4. The molecule has 1 atom stereocenters. The molecule has 4 rings (SSSR count). The zero-order valence-electron chi connectivity index (χ0n) is 15.6. The second kappa shape index (κ2) is 6.80. The largest absolute Gasteiger partial charge is 0.454 e. The molecule has 0 aromatic carbocycles. The van der Waals surface area contributed by atoms with Crippen molar-refractivity contribution < 1.29 is 14.1 Å². The van der Waals surface area contributed by atoms with Crippen LogP contribution in [0.2, 0.25) is 0 Å². The maximum Gasteiger partial charge on any atom is 0.312 e. The van der Waals surface area contributed by atoms with Gasteiger partial charge < -0.3 is 9.32 Å². The lowest BCUT2D eigenvalue weighted by Gasteiger charge is -2.37. The lowest BCUT2D eigenvalue weighted by atomic mass is 10.1. The average Bonchev–Trinajstić information content (AvgIpc) is 3.33. The molecule has 2 aromatic rings. The Morgan fingerprint density at radius 3 is 2.89 bits per heavy atom. The van der Waals surface area contributed by atoms with Crippen LogP contribution in [0.5, 0.6) is 0 Å². The van der Waals surface area contributed by atoms with Gasteiger partial charge in [0.05, 0.1) is 11.5 Å². The van der Waals surface area contributed by atoms with Crippen molar-refractivity contribution >= 4 is 11.6 Å². The second-order valence-electron chi connectivity index (χ2n) is 7.28. The fourth-order valence-corrected chi connectivity index (χ4v) is 4.16. The molecule has 2 fully saturated rings. The van der Waals surface area contributed by atoms with E-state index in [-0.39, 0.29) is 18.1 Å². The summed E-state index contributed by atoms with van der Waals surface area (Å²) in [6.45, 7) is 7.04. The van der Waals surface area contributed by atoms with Crippen molar-refractivity contribution in [1.29, 1.82) is 0 Å². The molecule has 2 aromatic heterocycles. The molecule has 0 unspecified atom stereocenters. The van der Waals surface area contributed by atoms with E-state index >= 15 is 0 Å². The molecule has 144 valence electrons. The summed E-state index contributed by atoms with van der Waals surface area (Å²) in [6.07, 6.45) is 2.34. The van der Waals surface area contributed by atoms with Crippen molar-refractivity contribution in [2.75, 3.05) is 26.2 Å². The molecule has 2 aliphatic rings. The normalized spacial score (nSPS) is 20.1. The highest BCUT2D eigenvalue weighted by atomic mass is 16.6. The number of piperazine rings is 1. The van der Waals surface area contributed by atoms with Gasteiger partial charge in [-0.25, -0.2) is 0 Å². The quantitative estimate of drug-likeness (QED) is 0.600. The van der Waals surface area contributed by atoms with E-state index in [1.807, 2.05) is 4.90 Å². The highest BCUT2D eigenvalue weighted by Gasteiger charge is 2.33. The van der Waals surface area contributed by atoms with Crippen molar-refractivity contribution in [2.45, 2.75) is 39.3 Å². The summed E-state index contributed by atoms with van der Waals surface area (Å²) in [5.41, 5.74) is 0.862. The van der Waals surface area contributed by atoms with E-state index in [0.717, 1.165) is 32.6 Å². The number of carbonyl (C=O) groups is 1. The molecule has 1 amide bonds. The van der Waals surface area contributed by atoms with Gasteiger partial charge in [-0.15, -0.1) is 0 Å². The molecule has 2 saturated heterocycles. The smallest absolute Gasteiger partial charge is 0.312 e. The molecule has 27 heavy (non-hydrogen) atoms. The van der Waals surface area contributed by atoms with Gasteiger partial charge in [0.25, 0.3) is 5.91 Å². The molecule has 0 bridgehead atoms. The van der Waals surface area contributed by atoms with E-state index in [9.17, 15) is 14.9 Å². The Kier molecular flexibility index (Phi) is 4.47. The molecule has 0 radical (unpaired) electrons. The number of fused-ring (bicyclic) bond motifs is 1. The summed E-state index contributed by atoms with van der Waals surface area (Å²) in [5.74, 6) is 0.776. The van der Waals surface area contributed by atoms with Gasteiger partial charge in [0.15, 0.2) is 5.76 Å². The first-order chi connectivity index (χ1) is 12.9. The monoisotopic (exact) mass is 373 g/mol. The van der Waals surface area contributed by atoms with E-state index < -0.39 is 4.92 Å². The van der Waals surface area contributed by atoms with Crippen molar-refractivity contribution in [1.82, 2.24) is 19.6 Å². The van der Waals surface area contributed by atoms with Crippen LogP contribution < -0.4 is 0 Å². The minimum absolute atomic E-state index is 0.0206. The number of carbonyl (C=O) groups excluding carboxylic acids is 1. The van der Waals surface area contributed by atoms with E-state index in [4.69, 9.17) is 4.42 Å². The number of hydrogen-bond donors (Lipinski definition) is 0. The van der Waals surface area contributed by atoms with Crippen LogP contribution in [0.4, 0.5) is 5.69 Å². The Morgan fingerprint density at radius 1 is 1.33 bits per heavy atom. The number of aromatic nitrogens is 2. The first-order valence-electron chi connectivity index (χ1n) is 9.24. The van der Waals surface area contributed by atoms with Crippen LogP contribution in [0.25, 0.3) is 0 Å². The number of hydrogen-bond acceptors (Lipinski definition) is 6. The fourth-order valence-electron chi connectivity index (χ4n) is 4.16. The average molecular weight is 373 g/mol. The molecule has 0 saturated carbocycles. The van der Waals surface area contributed by atoms with Crippen LogP contribution in [0, 0.1) is 24.0 Å². The molecule has 4 heterocycles. The lowest BCUT2D eigenvalue weighted by Crippen LogP contribution is -2.51. The van der Waals surface area contributed by atoms with Crippen molar-refractivity contribution in [3.05, 3.63) is 45.2 Å².